The number of aromatic nitrogens is 4. The van der Waals surface area contributed by atoms with E-state index in [9.17, 15) is 0 Å². The van der Waals surface area contributed by atoms with E-state index in [1.165, 1.54) is 11.5 Å². The third kappa shape index (κ3) is 2.31. The van der Waals surface area contributed by atoms with Crippen molar-refractivity contribution in [1.29, 1.82) is 0 Å². The fourth-order valence-electron chi connectivity index (χ4n) is 2.35. The van der Waals surface area contributed by atoms with E-state index < -0.39 is 0 Å². The quantitative estimate of drug-likeness (QED) is 0.551. The molecule has 3 rings (SSSR count). The van der Waals surface area contributed by atoms with Crippen molar-refractivity contribution in [3.05, 3.63) is 41.0 Å². The molecule has 7 heteroatoms. The zero-order chi connectivity index (χ0) is 13.9. The second kappa shape index (κ2) is 5.66. The van der Waals surface area contributed by atoms with Crippen LogP contribution in [0.15, 0.2) is 29.6 Å². The summed E-state index contributed by atoms with van der Waals surface area (Å²) in [6, 6.07) is 8.17. The molecule has 0 spiro atoms. The molecule has 0 radical (unpaired) electrons. The van der Waals surface area contributed by atoms with Crippen LogP contribution in [0.1, 0.15) is 24.4 Å². The van der Waals surface area contributed by atoms with Crippen LogP contribution in [0.5, 0.6) is 0 Å². The van der Waals surface area contributed by atoms with E-state index in [4.69, 9.17) is 5.84 Å². The largest absolute Gasteiger partial charge is 0.271 e. The van der Waals surface area contributed by atoms with E-state index >= 15 is 0 Å². The Bertz CT molecular complexity index is 690. The average Bonchev–Trinajstić information content (AvgIpc) is 3.13. The van der Waals surface area contributed by atoms with Gasteiger partial charge >= 0.3 is 0 Å². The molecule has 0 aliphatic heterocycles. The number of hydrogen-bond acceptors (Lipinski definition) is 6. The first-order valence-corrected chi connectivity index (χ1v) is 7.34. The van der Waals surface area contributed by atoms with Gasteiger partial charge in [0.25, 0.3) is 0 Å². The highest BCUT2D eigenvalue weighted by atomic mass is 32.1. The Morgan fingerprint density at radius 3 is 2.95 bits per heavy atom. The predicted octanol–water partition coefficient (Wildman–Crippen LogP) is 1.65. The zero-order valence-corrected chi connectivity index (χ0v) is 12.0. The van der Waals surface area contributed by atoms with E-state index in [1.807, 2.05) is 22.2 Å². The van der Waals surface area contributed by atoms with Gasteiger partial charge < -0.3 is 0 Å². The third-order valence-electron chi connectivity index (χ3n) is 3.37. The van der Waals surface area contributed by atoms with Gasteiger partial charge in [-0.3, -0.25) is 16.0 Å². The van der Waals surface area contributed by atoms with Crippen LogP contribution in [-0.4, -0.2) is 19.4 Å². The Morgan fingerprint density at radius 2 is 2.25 bits per heavy atom. The second-order valence-corrected chi connectivity index (χ2v) is 5.14. The molecule has 0 amide bonds. The number of hydrogen-bond donors (Lipinski definition) is 2. The van der Waals surface area contributed by atoms with Crippen LogP contribution in [-0.2, 0) is 13.0 Å². The first kappa shape index (κ1) is 13.2. The van der Waals surface area contributed by atoms with E-state index in [-0.39, 0.29) is 6.04 Å². The maximum atomic E-state index is 5.65. The summed E-state index contributed by atoms with van der Waals surface area (Å²) in [5, 5.41) is 11.8. The molecule has 3 N–H and O–H groups in total. The summed E-state index contributed by atoms with van der Waals surface area (Å²) in [5.41, 5.74) is 5.83. The SMILES string of the molecule is CCn1nc(CC(NN)c2csnn2)c2ccccc21. The number of nitrogens with zero attached hydrogens (tertiary/aromatic N) is 4. The van der Waals surface area contributed by atoms with Crippen molar-refractivity contribution < 1.29 is 0 Å². The molecule has 6 nitrogen and oxygen atoms in total. The molecule has 1 atom stereocenters. The minimum Gasteiger partial charge on any atom is -0.271 e. The summed E-state index contributed by atoms with van der Waals surface area (Å²) >= 11 is 1.32. The monoisotopic (exact) mass is 288 g/mol. The Hall–Kier alpha value is -1.83. The van der Waals surface area contributed by atoms with Gasteiger partial charge in [-0.05, 0) is 24.5 Å². The van der Waals surface area contributed by atoms with Crippen molar-refractivity contribution in [1.82, 2.24) is 24.8 Å². The minimum atomic E-state index is -0.0719. The Balaban J connectivity index is 1.98. The van der Waals surface area contributed by atoms with Crippen molar-refractivity contribution >= 4 is 22.4 Å². The van der Waals surface area contributed by atoms with Gasteiger partial charge in [0.2, 0.25) is 0 Å². The summed E-state index contributed by atoms with van der Waals surface area (Å²) in [4.78, 5) is 0. The molecular formula is C13H16N6S. The summed E-state index contributed by atoms with van der Waals surface area (Å²) in [5.74, 6) is 5.65. The molecule has 1 unspecified atom stereocenters. The van der Waals surface area contributed by atoms with E-state index in [1.54, 1.807) is 0 Å². The van der Waals surface area contributed by atoms with Gasteiger partial charge in [0.1, 0.15) is 0 Å². The Morgan fingerprint density at radius 1 is 1.40 bits per heavy atom. The van der Waals surface area contributed by atoms with Crippen LogP contribution in [0.3, 0.4) is 0 Å². The van der Waals surface area contributed by atoms with E-state index in [2.05, 4.69) is 39.2 Å². The summed E-state index contributed by atoms with van der Waals surface area (Å²) < 4.78 is 5.90. The lowest BCUT2D eigenvalue weighted by Gasteiger charge is -2.11. The average molecular weight is 288 g/mol. The smallest absolute Gasteiger partial charge is 0.0942 e. The second-order valence-electron chi connectivity index (χ2n) is 4.53. The third-order valence-corrected chi connectivity index (χ3v) is 3.89. The maximum absolute atomic E-state index is 5.65. The highest BCUT2D eigenvalue weighted by Crippen LogP contribution is 2.23. The Kier molecular flexibility index (Phi) is 3.72. The number of nitrogens with two attached hydrogens (primary N) is 1. The van der Waals surface area contributed by atoms with Crippen molar-refractivity contribution in [2.24, 2.45) is 5.84 Å². The number of fused-ring (bicyclic) bond motifs is 1. The molecular weight excluding hydrogens is 272 g/mol. The Labute approximate surface area is 120 Å². The van der Waals surface area contributed by atoms with Gasteiger partial charge in [-0.2, -0.15) is 5.10 Å². The van der Waals surface area contributed by atoms with E-state index in [0.29, 0.717) is 6.42 Å². The first-order chi connectivity index (χ1) is 9.83. The van der Waals surface area contributed by atoms with Crippen LogP contribution in [0.25, 0.3) is 10.9 Å². The summed E-state index contributed by atoms with van der Waals surface area (Å²) in [6.07, 6.45) is 0.690. The fourth-order valence-corrected chi connectivity index (χ4v) is 2.86. The van der Waals surface area contributed by atoms with Crippen LogP contribution in [0.4, 0.5) is 0 Å². The molecule has 0 aliphatic carbocycles. The number of hydrazine groups is 1. The predicted molar refractivity (Wildman–Crippen MR) is 79.1 cm³/mol. The van der Waals surface area contributed by atoms with Crippen LogP contribution < -0.4 is 11.3 Å². The standard InChI is InChI=1S/C13H16N6S/c1-2-19-13-6-4-3-5-9(13)10(17-19)7-11(15-14)12-8-20-18-16-12/h3-6,8,11,15H,2,7,14H2,1H3. The topological polar surface area (TPSA) is 81.7 Å². The van der Waals surface area contributed by atoms with Crippen molar-refractivity contribution in [3.8, 4) is 0 Å². The van der Waals surface area contributed by atoms with Gasteiger partial charge in [0.15, 0.2) is 0 Å². The number of para-hydroxylation sites is 1. The van der Waals surface area contributed by atoms with Crippen molar-refractivity contribution in [2.45, 2.75) is 25.9 Å². The van der Waals surface area contributed by atoms with Crippen LogP contribution >= 0.6 is 11.5 Å². The molecule has 1 aromatic carbocycles. The molecule has 0 saturated carbocycles. The lowest BCUT2D eigenvalue weighted by atomic mass is 10.1. The summed E-state index contributed by atoms with van der Waals surface area (Å²) in [7, 11) is 0. The highest BCUT2D eigenvalue weighted by molar-refractivity contribution is 7.03. The van der Waals surface area contributed by atoms with Crippen molar-refractivity contribution in [3.63, 3.8) is 0 Å². The molecule has 3 aromatic rings. The lowest BCUT2D eigenvalue weighted by molar-refractivity contribution is 0.526. The normalized spacial score (nSPS) is 12.9. The van der Waals surface area contributed by atoms with Gasteiger partial charge in [-0.1, -0.05) is 22.7 Å². The molecule has 2 heterocycles. The lowest BCUT2D eigenvalue weighted by Crippen LogP contribution is -2.30. The van der Waals surface area contributed by atoms with Crippen LogP contribution in [0, 0.1) is 0 Å². The molecule has 0 fully saturated rings. The summed E-state index contributed by atoms with van der Waals surface area (Å²) in [6.45, 7) is 2.94. The zero-order valence-electron chi connectivity index (χ0n) is 11.2. The molecule has 20 heavy (non-hydrogen) atoms. The number of nitrogens with one attached hydrogen (secondary N) is 1. The van der Waals surface area contributed by atoms with E-state index in [0.717, 1.165) is 28.8 Å². The fraction of sp³-hybridized carbons (Fsp3) is 0.308. The van der Waals surface area contributed by atoms with Crippen LogP contribution in [0.2, 0.25) is 0 Å². The number of rotatable bonds is 5. The van der Waals surface area contributed by atoms with Gasteiger partial charge in [0.05, 0.1) is 22.9 Å². The molecule has 0 aliphatic rings. The van der Waals surface area contributed by atoms with Gasteiger partial charge in [-0.25, -0.2) is 0 Å². The number of benzene rings is 1. The molecule has 0 saturated heterocycles. The minimum absolute atomic E-state index is 0.0719. The molecule has 104 valence electrons. The first-order valence-electron chi connectivity index (χ1n) is 6.51. The highest BCUT2D eigenvalue weighted by Gasteiger charge is 2.18. The maximum Gasteiger partial charge on any atom is 0.0942 e. The van der Waals surface area contributed by atoms with Gasteiger partial charge in [0, 0.05) is 23.7 Å². The molecule has 0 bridgehead atoms. The molecule has 2 aromatic heterocycles. The van der Waals surface area contributed by atoms with Crippen molar-refractivity contribution in [2.75, 3.05) is 0 Å². The number of aryl methyl sites for hydroxylation is 1. The van der Waals surface area contributed by atoms with Gasteiger partial charge in [-0.15, -0.1) is 5.10 Å².